The van der Waals surface area contributed by atoms with Gasteiger partial charge in [-0.15, -0.1) is 0 Å². The minimum Gasteiger partial charge on any atom is -0.466 e. The van der Waals surface area contributed by atoms with Crippen molar-refractivity contribution >= 4 is 11.9 Å². The van der Waals surface area contributed by atoms with Crippen LogP contribution in [0.2, 0.25) is 0 Å². The topological polar surface area (TPSA) is 78.6 Å². The Morgan fingerprint density at radius 3 is 2.36 bits per heavy atom. The van der Waals surface area contributed by atoms with Gasteiger partial charge in [-0.3, -0.25) is 9.59 Å². The Balaban J connectivity index is 1.63. The van der Waals surface area contributed by atoms with Crippen LogP contribution in [0, 0.1) is 0 Å². The molecule has 0 radical (unpaired) electrons. The van der Waals surface area contributed by atoms with Gasteiger partial charge >= 0.3 is 17.9 Å². The lowest BCUT2D eigenvalue weighted by molar-refractivity contribution is -0.143. The number of benzene rings is 1. The summed E-state index contributed by atoms with van der Waals surface area (Å²) in [5.41, 5.74) is 0.825. The van der Waals surface area contributed by atoms with Gasteiger partial charge in [0.15, 0.2) is 0 Å². The van der Waals surface area contributed by atoms with E-state index in [0.717, 1.165) is 24.8 Å². The van der Waals surface area contributed by atoms with E-state index in [1.165, 1.54) is 6.20 Å². The second kappa shape index (κ2) is 10.3. The van der Waals surface area contributed by atoms with Crippen molar-refractivity contribution in [1.82, 2.24) is 4.98 Å². The van der Waals surface area contributed by atoms with Crippen LogP contribution in [0.25, 0.3) is 11.5 Å². The summed E-state index contributed by atoms with van der Waals surface area (Å²) in [6, 6.07) is 9.40. The average molecular weight is 345 g/mol. The van der Waals surface area contributed by atoms with Gasteiger partial charge in [0, 0.05) is 18.4 Å². The van der Waals surface area contributed by atoms with Gasteiger partial charge in [0.25, 0.3) is 0 Å². The highest BCUT2D eigenvalue weighted by Crippen LogP contribution is 2.23. The van der Waals surface area contributed by atoms with Gasteiger partial charge in [0.1, 0.15) is 6.20 Å². The molecule has 0 aliphatic carbocycles. The van der Waals surface area contributed by atoms with Gasteiger partial charge in [0.05, 0.1) is 6.61 Å². The molecule has 0 fully saturated rings. The molecule has 0 saturated heterocycles. The van der Waals surface area contributed by atoms with Crippen LogP contribution >= 0.6 is 0 Å². The van der Waals surface area contributed by atoms with Crippen molar-refractivity contribution in [3.63, 3.8) is 0 Å². The first-order valence-electron chi connectivity index (χ1n) is 8.56. The van der Waals surface area contributed by atoms with Gasteiger partial charge in [-0.05, 0) is 31.9 Å². The summed E-state index contributed by atoms with van der Waals surface area (Å²) in [4.78, 5) is 27.1. The van der Waals surface area contributed by atoms with Crippen LogP contribution in [0.15, 0.2) is 40.9 Å². The Bertz CT molecular complexity index is 665. The molecule has 25 heavy (non-hydrogen) atoms. The van der Waals surface area contributed by atoms with Crippen LogP contribution in [0.5, 0.6) is 5.95 Å². The van der Waals surface area contributed by atoms with Crippen molar-refractivity contribution in [3.05, 3.63) is 36.5 Å². The number of ether oxygens (including phenoxy) is 2. The lowest BCUT2D eigenvalue weighted by Crippen LogP contribution is -2.07. The van der Waals surface area contributed by atoms with Gasteiger partial charge < -0.3 is 13.9 Å². The van der Waals surface area contributed by atoms with E-state index in [1.807, 2.05) is 30.3 Å². The lowest BCUT2D eigenvalue weighted by atomic mass is 10.1. The number of hydrogen-bond acceptors (Lipinski definition) is 6. The standard InChI is InChI=1S/C19H23NO5/c1-2-23-16(21)12-8-3-4-9-13-17(22)24-18-14-20-19(25-18)15-10-6-5-7-11-15/h5-7,10-11,14H,2-4,8-9,12-13H2,1H3. The van der Waals surface area contributed by atoms with Crippen LogP contribution in [-0.4, -0.2) is 23.5 Å². The fraction of sp³-hybridized carbons (Fsp3) is 0.421. The lowest BCUT2D eigenvalue weighted by Gasteiger charge is -2.02. The molecule has 6 heteroatoms. The maximum Gasteiger partial charge on any atom is 0.313 e. The number of unbranched alkanes of at least 4 members (excludes halogenated alkanes) is 3. The second-order valence-electron chi connectivity index (χ2n) is 5.54. The van der Waals surface area contributed by atoms with Crippen molar-refractivity contribution < 1.29 is 23.5 Å². The van der Waals surface area contributed by atoms with Crippen LogP contribution in [0.1, 0.15) is 45.4 Å². The van der Waals surface area contributed by atoms with E-state index in [0.29, 0.717) is 31.8 Å². The number of aromatic nitrogens is 1. The molecule has 1 aromatic heterocycles. The number of esters is 2. The normalized spacial score (nSPS) is 10.4. The molecular formula is C19H23NO5. The van der Waals surface area contributed by atoms with Crippen molar-refractivity contribution in [3.8, 4) is 17.4 Å². The molecule has 0 aliphatic heterocycles. The predicted molar refractivity (Wildman–Crippen MR) is 91.9 cm³/mol. The van der Waals surface area contributed by atoms with Gasteiger partial charge in [-0.2, -0.15) is 0 Å². The van der Waals surface area contributed by atoms with E-state index in [-0.39, 0.29) is 17.9 Å². The number of hydrogen-bond donors (Lipinski definition) is 0. The van der Waals surface area contributed by atoms with E-state index in [2.05, 4.69) is 4.98 Å². The highest BCUT2D eigenvalue weighted by molar-refractivity contribution is 5.71. The molecule has 0 amide bonds. The Hall–Kier alpha value is -2.63. The summed E-state index contributed by atoms with van der Waals surface area (Å²) < 4.78 is 15.4. The minimum atomic E-state index is -0.346. The first-order valence-corrected chi connectivity index (χ1v) is 8.56. The largest absolute Gasteiger partial charge is 0.466 e. The molecule has 134 valence electrons. The third-order valence-corrected chi connectivity index (χ3v) is 3.54. The molecule has 1 aromatic carbocycles. The number of rotatable bonds is 10. The van der Waals surface area contributed by atoms with E-state index >= 15 is 0 Å². The zero-order valence-electron chi connectivity index (χ0n) is 14.4. The van der Waals surface area contributed by atoms with Crippen molar-refractivity contribution in [1.29, 1.82) is 0 Å². The van der Waals surface area contributed by atoms with Crippen LogP contribution < -0.4 is 4.74 Å². The van der Waals surface area contributed by atoms with Crippen LogP contribution in [0.4, 0.5) is 0 Å². The van der Waals surface area contributed by atoms with Gasteiger partial charge in [-0.25, -0.2) is 4.98 Å². The molecule has 1 heterocycles. The Kier molecular flexibility index (Phi) is 7.69. The molecule has 0 unspecified atom stereocenters. The summed E-state index contributed by atoms with van der Waals surface area (Å²) in [7, 11) is 0. The van der Waals surface area contributed by atoms with Crippen molar-refractivity contribution in [2.45, 2.75) is 45.4 Å². The van der Waals surface area contributed by atoms with Crippen molar-refractivity contribution in [2.24, 2.45) is 0 Å². The molecule has 2 rings (SSSR count). The summed E-state index contributed by atoms with van der Waals surface area (Å²) >= 11 is 0. The first kappa shape index (κ1) is 18.7. The molecule has 0 saturated carbocycles. The minimum absolute atomic E-state index is 0.103. The third kappa shape index (κ3) is 6.79. The fourth-order valence-corrected chi connectivity index (χ4v) is 2.31. The zero-order valence-corrected chi connectivity index (χ0v) is 14.4. The molecule has 0 spiro atoms. The van der Waals surface area contributed by atoms with Gasteiger partial charge in [-0.1, -0.05) is 31.0 Å². The van der Waals surface area contributed by atoms with E-state index in [1.54, 1.807) is 6.92 Å². The highest BCUT2D eigenvalue weighted by atomic mass is 16.6. The van der Waals surface area contributed by atoms with Crippen LogP contribution in [0.3, 0.4) is 0 Å². The van der Waals surface area contributed by atoms with Gasteiger partial charge in [0.2, 0.25) is 5.89 Å². The maximum absolute atomic E-state index is 11.8. The predicted octanol–water partition coefficient (Wildman–Crippen LogP) is 4.15. The molecule has 6 nitrogen and oxygen atoms in total. The number of carbonyl (C=O) groups is 2. The summed E-state index contributed by atoms with van der Waals surface area (Å²) in [6.45, 7) is 2.21. The summed E-state index contributed by atoms with van der Waals surface area (Å²) in [6.07, 6.45) is 5.36. The average Bonchev–Trinajstić information content (AvgIpc) is 3.07. The molecule has 0 aliphatic rings. The summed E-state index contributed by atoms with van der Waals surface area (Å²) in [5.74, 6) is 0.0103. The first-order chi connectivity index (χ1) is 12.2. The van der Waals surface area contributed by atoms with Crippen LogP contribution in [-0.2, 0) is 14.3 Å². The maximum atomic E-state index is 11.8. The Labute approximate surface area is 147 Å². The molecule has 0 bridgehead atoms. The molecular weight excluding hydrogens is 322 g/mol. The SMILES string of the molecule is CCOC(=O)CCCCCCC(=O)Oc1cnc(-c2ccccc2)o1. The smallest absolute Gasteiger partial charge is 0.313 e. The van der Waals surface area contributed by atoms with E-state index in [9.17, 15) is 9.59 Å². The molecule has 0 N–H and O–H groups in total. The monoisotopic (exact) mass is 345 g/mol. The molecule has 2 aromatic rings. The number of nitrogens with zero attached hydrogens (tertiary/aromatic N) is 1. The Morgan fingerprint density at radius 2 is 1.68 bits per heavy atom. The number of oxazole rings is 1. The zero-order chi connectivity index (χ0) is 17.9. The number of carbonyl (C=O) groups excluding carboxylic acids is 2. The van der Waals surface area contributed by atoms with E-state index < -0.39 is 0 Å². The molecule has 0 atom stereocenters. The summed E-state index contributed by atoms with van der Waals surface area (Å²) in [5, 5.41) is 0. The van der Waals surface area contributed by atoms with Crippen molar-refractivity contribution in [2.75, 3.05) is 6.61 Å². The third-order valence-electron chi connectivity index (χ3n) is 3.54. The highest BCUT2D eigenvalue weighted by Gasteiger charge is 2.11. The quantitative estimate of drug-likeness (QED) is 0.475. The second-order valence-corrected chi connectivity index (χ2v) is 5.54. The van der Waals surface area contributed by atoms with E-state index in [4.69, 9.17) is 13.9 Å². The fourth-order valence-electron chi connectivity index (χ4n) is 2.31. The Morgan fingerprint density at radius 1 is 1.00 bits per heavy atom.